The SMILES string of the molecule is Cc1ccc(NCC(=O)NN=CC=CC=Cc2ccccc2)cc1. The number of amides is 1. The van der Waals surface area contributed by atoms with Crippen LogP contribution >= 0.6 is 0 Å². The Bertz CT molecular complexity index is 716. The zero-order valence-corrected chi connectivity index (χ0v) is 13.6. The summed E-state index contributed by atoms with van der Waals surface area (Å²) in [7, 11) is 0. The Labute approximate surface area is 142 Å². The second-order valence-corrected chi connectivity index (χ2v) is 5.19. The fraction of sp³-hybridized carbons (Fsp3) is 0.100. The molecule has 0 saturated heterocycles. The first kappa shape index (κ1) is 17.2. The number of benzene rings is 2. The second-order valence-electron chi connectivity index (χ2n) is 5.19. The van der Waals surface area contributed by atoms with E-state index in [9.17, 15) is 4.79 Å². The van der Waals surface area contributed by atoms with Gasteiger partial charge in [-0.1, -0.05) is 66.3 Å². The maximum Gasteiger partial charge on any atom is 0.259 e. The fourth-order valence-corrected chi connectivity index (χ4v) is 1.89. The molecule has 122 valence electrons. The lowest BCUT2D eigenvalue weighted by atomic mass is 10.2. The molecule has 2 aromatic rings. The van der Waals surface area contributed by atoms with Crippen molar-refractivity contribution in [2.45, 2.75) is 6.92 Å². The molecule has 0 spiro atoms. The van der Waals surface area contributed by atoms with Crippen LogP contribution in [0.15, 0.2) is 77.9 Å². The van der Waals surface area contributed by atoms with Gasteiger partial charge in [0.2, 0.25) is 0 Å². The van der Waals surface area contributed by atoms with Crippen LogP contribution in [0.1, 0.15) is 11.1 Å². The fourth-order valence-electron chi connectivity index (χ4n) is 1.89. The van der Waals surface area contributed by atoms with Crippen molar-refractivity contribution in [1.82, 2.24) is 5.43 Å². The Morgan fingerprint density at radius 1 is 1.00 bits per heavy atom. The molecule has 0 atom stereocenters. The summed E-state index contributed by atoms with van der Waals surface area (Å²) in [5, 5.41) is 6.89. The van der Waals surface area contributed by atoms with Crippen molar-refractivity contribution in [3.05, 3.63) is 84.0 Å². The Balaban J connectivity index is 1.65. The monoisotopic (exact) mass is 319 g/mol. The molecule has 2 aromatic carbocycles. The van der Waals surface area contributed by atoms with Crippen LogP contribution in [0.5, 0.6) is 0 Å². The number of carbonyl (C=O) groups is 1. The van der Waals surface area contributed by atoms with Crippen LogP contribution in [0.4, 0.5) is 5.69 Å². The van der Waals surface area contributed by atoms with Gasteiger partial charge in [0.15, 0.2) is 0 Å². The molecule has 0 fully saturated rings. The van der Waals surface area contributed by atoms with Gasteiger partial charge in [-0.05, 0) is 30.7 Å². The molecule has 2 rings (SSSR count). The number of hydrogen-bond donors (Lipinski definition) is 2. The minimum atomic E-state index is -0.194. The van der Waals surface area contributed by atoms with Crippen molar-refractivity contribution >= 4 is 23.9 Å². The standard InChI is InChI=1S/C20H21N3O/c1-17-11-13-19(14-12-17)21-16-20(24)23-22-15-7-3-6-10-18-8-4-2-5-9-18/h2-15,21H,16H2,1H3,(H,23,24). The van der Waals surface area contributed by atoms with Gasteiger partial charge in [0.1, 0.15) is 0 Å². The lowest BCUT2D eigenvalue weighted by Crippen LogP contribution is -2.25. The van der Waals surface area contributed by atoms with Gasteiger partial charge < -0.3 is 5.32 Å². The van der Waals surface area contributed by atoms with Crippen LogP contribution in [0, 0.1) is 6.92 Å². The van der Waals surface area contributed by atoms with E-state index in [4.69, 9.17) is 0 Å². The van der Waals surface area contributed by atoms with Crippen molar-refractivity contribution < 1.29 is 4.79 Å². The molecule has 1 amide bonds. The normalized spacial score (nSPS) is 11.4. The van der Waals surface area contributed by atoms with Gasteiger partial charge in [-0.25, -0.2) is 5.43 Å². The van der Waals surface area contributed by atoms with E-state index < -0.39 is 0 Å². The topological polar surface area (TPSA) is 53.5 Å². The molecule has 0 radical (unpaired) electrons. The van der Waals surface area contributed by atoms with Gasteiger partial charge in [-0.15, -0.1) is 0 Å². The van der Waals surface area contributed by atoms with Crippen molar-refractivity contribution in [2.75, 3.05) is 11.9 Å². The van der Waals surface area contributed by atoms with Crippen molar-refractivity contribution in [3.63, 3.8) is 0 Å². The quantitative estimate of drug-likeness (QED) is 0.463. The average molecular weight is 319 g/mol. The zero-order valence-electron chi connectivity index (χ0n) is 13.6. The number of rotatable bonds is 7. The first-order valence-corrected chi connectivity index (χ1v) is 7.75. The number of anilines is 1. The van der Waals surface area contributed by atoms with E-state index in [1.54, 1.807) is 12.3 Å². The van der Waals surface area contributed by atoms with Crippen LogP contribution in [-0.4, -0.2) is 18.7 Å². The van der Waals surface area contributed by atoms with Crippen LogP contribution in [0.2, 0.25) is 0 Å². The summed E-state index contributed by atoms with van der Waals surface area (Å²) in [6.45, 7) is 2.20. The number of nitrogens with one attached hydrogen (secondary N) is 2. The molecule has 0 aromatic heterocycles. The summed E-state index contributed by atoms with van der Waals surface area (Å²) in [6.07, 6.45) is 9.07. The molecule has 0 saturated carbocycles. The summed E-state index contributed by atoms with van der Waals surface area (Å²) in [5.41, 5.74) is 5.69. The molecule has 4 nitrogen and oxygen atoms in total. The Kier molecular flexibility index (Phi) is 7.02. The maximum absolute atomic E-state index is 11.6. The third-order valence-electron chi connectivity index (χ3n) is 3.16. The smallest absolute Gasteiger partial charge is 0.259 e. The number of hydrogen-bond acceptors (Lipinski definition) is 3. The summed E-state index contributed by atoms with van der Waals surface area (Å²) in [6, 6.07) is 17.9. The molecule has 0 bridgehead atoms. The minimum Gasteiger partial charge on any atom is -0.376 e. The summed E-state index contributed by atoms with van der Waals surface area (Å²) < 4.78 is 0. The Morgan fingerprint density at radius 2 is 1.75 bits per heavy atom. The highest BCUT2D eigenvalue weighted by Gasteiger charge is 1.98. The predicted octanol–water partition coefficient (Wildman–Crippen LogP) is 3.78. The van der Waals surface area contributed by atoms with E-state index in [1.165, 1.54) is 5.56 Å². The van der Waals surface area contributed by atoms with Crippen LogP contribution in [0.25, 0.3) is 6.08 Å². The molecule has 24 heavy (non-hydrogen) atoms. The average Bonchev–Trinajstić information content (AvgIpc) is 2.61. The minimum absolute atomic E-state index is 0.179. The Morgan fingerprint density at radius 3 is 2.50 bits per heavy atom. The molecule has 0 aliphatic rings. The van der Waals surface area contributed by atoms with Gasteiger partial charge in [-0.2, -0.15) is 5.10 Å². The zero-order chi connectivity index (χ0) is 17.0. The number of carbonyl (C=O) groups excluding carboxylic acids is 1. The number of hydrazone groups is 1. The first-order chi connectivity index (χ1) is 11.7. The van der Waals surface area contributed by atoms with Gasteiger partial charge in [0, 0.05) is 11.9 Å². The lowest BCUT2D eigenvalue weighted by molar-refractivity contribution is -0.119. The number of nitrogens with zero attached hydrogens (tertiary/aromatic N) is 1. The lowest BCUT2D eigenvalue weighted by Gasteiger charge is -2.05. The Hall–Kier alpha value is -3.14. The van der Waals surface area contributed by atoms with E-state index in [0.29, 0.717) is 0 Å². The first-order valence-electron chi connectivity index (χ1n) is 7.75. The van der Waals surface area contributed by atoms with E-state index in [-0.39, 0.29) is 12.5 Å². The molecule has 0 unspecified atom stereocenters. The van der Waals surface area contributed by atoms with Gasteiger partial charge in [-0.3, -0.25) is 4.79 Å². The van der Waals surface area contributed by atoms with Crippen LogP contribution in [-0.2, 0) is 4.79 Å². The molecule has 0 heterocycles. The van der Waals surface area contributed by atoms with Crippen molar-refractivity contribution in [2.24, 2.45) is 5.10 Å². The summed E-state index contributed by atoms with van der Waals surface area (Å²) in [4.78, 5) is 11.6. The number of allylic oxidation sites excluding steroid dienone is 3. The summed E-state index contributed by atoms with van der Waals surface area (Å²) >= 11 is 0. The van der Waals surface area contributed by atoms with Gasteiger partial charge in [0.05, 0.1) is 6.54 Å². The molecule has 0 aliphatic heterocycles. The number of aryl methyl sites for hydroxylation is 1. The van der Waals surface area contributed by atoms with E-state index in [1.807, 2.05) is 79.7 Å². The third kappa shape index (κ3) is 6.75. The van der Waals surface area contributed by atoms with Crippen LogP contribution in [0.3, 0.4) is 0 Å². The second kappa shape index (κ2) is 9.79. The van der Waals surface area contributed by atoms with E-state index in [0.717, 1.165) is 11.3 Å². The van der Waals surface area contributed by atoms with Crippen molar-refractivity contribution in [1.29, 1.82) is 0 Å². The van der Waals surface area contributed by atoms with Gasteiger partial charge in [0.25, 0.3) is 5.91 Å². The maximum atomic E-state index is 11.6. The highest BCUT2D eigenvalue weighted by molar-refractivity contribution is 5.82. The highest BCUT2D eigenvalue weighted by atomic mass is 16.2. The van der Waals surface area contributed by atoms with E-state index in [2.05, 4.69) is 15.8 Å². The summed E-state index contributed by atoms with van der Waals surface area (Å²) in [5.74, 6) is -0.194. The van der Waals surface area contributed by atoms with Crippen molar-refractivity contribution in [3.8, 4) is 0 Å². The van der Waals surface area contributed by atoms with E-state index >= 15 is 0 Å². The molecule has 0 aliphatic carbocycles. The molecular formula is C20H21N3O. The van der Waals surface area contributed by atoms with Gasteiger partial charge >= 0.3 is 0 Å². The molecular weight excluding hydrogens is 298 g/mol. The predicted molar refractivity (Wildman–Crippen MR) is 101 cm³/mol. The van der Waals surface area contributed by atoms with Crippen LogP contribution < -0.4 is 10.7 Å². The molecule has 2 N–H and O–H groups in total. The largest absolute Gasteiger partial charge is 0.376 e. The highest BCUT2D eigenvalue weighted by Crippen LogP contribution is 2.07. The third-order valence-corrected chi connectivity index (χ3v) is 3.16. The molecule has 4 heteroatoms.